The van der Waals surface area contributed by atoms with Crippen LogP contribution < -0.4 is 34.5 Å². The minimum Gasteiger partial charge on any atom is -1.00 e. The van der Waals surface area contributed by atoms with E-state index in [-0.39, 0.29) is 36.3 Å². The molecule has 0 fully saturated rings. The van der Waals surface area contributed by atoms with Crippen molar-refractivity contribution in [2.45, 2.75) is 0 Å². The maximum Gasteiger partial charge on any atom is 0.199 e. The maximum atomic E-state index is 7.08. The Morgan fingerprint density at radius 1 is 1.25 bits per heavy atom. The zero-order chi connectivity index (χ0) is 6.85. The number of aromatic nitrogens is 1. The van der Waals surface area contributed by atoms with Crippen LogP contribution in [0, 0.1) is 0 Å². The van der Waals surface area contributed by atoms with Crippen LogP contribution in [0.2, 0.25) is 0 Å². The van der Waals surface area contributed by atoms with Crippen LogP contribution in [0.3, 0.4) is 0 Å². The monoisotopic (exact) mass is 224 g/mol. The van der Waals surface area contributed by atoms with Crippen LogP contribution in [-0.2, 0) is 0 Å². The summed E-state index contributed by atoms with van der Waals surface area (Å²) in [4.78, 5) is 0. The molecule has 1 aromatic rings. The number of halogens is 1. The summed E-state index contributed by atoms with van der Waals surface area (Å²) in [5.74, 6) is 5.22. The van der Waals surface area contributed by atoms with Crippen molar-refractivity contribution in [3.05, 3.63) is 30.5 Å². The van der Waals surface area contributed by atoms with Crippen molar-refractivity contribution >= 4 is 0 Å². The Labute approximate surface area is 68.1 Å². The van der Waals surface area contributed by atoms with Gasteiger partial charge in [0.1, 0.15) is 2.74 Å². The molecule has 1 heterocycles. The second-order valence-corrected chi connectivity index (χ2v) is 1.15. The number of pyridine rings is 1. The summed E-state index contributed by atoms with van der Waals surface area (Å²) < 4.78 is 15.2. The Hall–Kier alpha value is -0.320. The molecule has 0 aliphatic carbocycles. The van der Waals surface area contributed by atoms with E-state index >= 15 is 0 Å². The van der Waals surface area contributed by atoms with Gasteiger partial charge in [-0.05, 0) is 0 Å². The molecule has 0 amide bonds. The largest absolute Gasteiger partial charge is 1.00 e. The average Bonchev–Trinajstić information content (AvgIpc) is 1.83. The Morgan fingerprint density at radius 3 is 2.12 bits per heavy atom. The number of nitrogens with zero attached hydrogens (tertiary/aromatic N) is 1. The van der Waals surface area contributed by atoms with E-state index in [1.54, 1.807) is 6.07 Å². The van der Waals surface area contributed by atoms with Gasteiger partial charge >= 0.3 is 0 Å². The Bertz CT molecular complexity index is 209. The first-order valence-corrected chi connectivity index (χ1v) is 1.95. The minimum atomic E-state index is 0. The van der Waals surface area contributed by atoms with Gasteiger partial charge in [0.25, 0.3) is 0 Å². The highest BCUT2D eigenvalue weighted by atomic mass is 127. The summed E-state index contributed by atoms with van der Waals surface area (Å²) >= 11 is 0. The predicted molar refractivity (Wildman–Crippen MR) is 26.8 cm³/mol. The highest BCUT2D eigenvalue weighted by molar-refractivity contribution is 4.83. The Balaban J connectivity index is 0.000000810. The predicted octanol–water partition coefficient (Wildman–Crippen LogP) is -3.31. The van der Waals surface area contributed by atoms with E-state index in [1.807, 2.05) is 0 Å². The lowest BCUT2D eigenvalue weighted by Crippen LogP contribution is -3.00. The lowest BCUT2D eigenvalue weighted by molar-refractivity contribution is -0.638. The second kappa shape index (κ2) is 3.65. The Morgan fingerprint density at radius 2 is 1.75 bits per heavy atom. The van der Waals surface area contributed by atoms with Gasteiger partial charge in [-0.15, -0.1) is 0 Å². The molecule has 1 aromatic heterocycles. The van der Waals surface area contributed by atoms with Crippen LogP contribution in [-0.4, -0.2) is 0 Å². The second-order valence-electron chi connectivity index (χ2n) is 1.15. The fourth-order valence-corrected chi connectivity index (χ4v) is 0.332. The van der Waals surface area contributed by atoms with Gasteiger partial charge in [-0.25, -0.2) is 5.84 Å². The van der Waals surface area contributed by atoms with Gasteiger partial charge in [0.15, 0.2) is 12.3 Å². The summed E-state index contributed by atoms with van der Waals surface area (Å²) in [6.45, 7) is 0. The highest BCUT2D eigenvalue weighted by Crippen LogP contribution is 1.70. The lowest BCUT2D eigenvalue weighted by Gasteiger charge is -1.76. The number of hydrogen-bond donors (Lipinski definition) is 1. The van der Waals surface area contributed by atoms with Crippen molar-refractivity contribution in [1.29, 1.82) is 0 Å². The molecule has 44 valence electrons. The maximum absolute atomic E-state index is 7.08. The summed E-state index contributed by atoms with van der Waals surface area (Å²) in [5.41, 5.74) is 0. The first-order valence-electron chi connectivity index (χ1n) is 2.95. The van der Waals surface area contributed by atoms with Crippen LogP contribution in [0.4, 0.5) is 0 Å². The lowest BCUT2D eigenvalue weighted by atomic mass is 10.5. The number of rotatable bonds is 0. The number of hydrogen-bond acceptors (Lipinski definition) is 1. The van der Waals surface area contributed by atoms with Gasteiger partial charge in [-0.2, -0.15) is 0 Å². The molecule has 3 heteroatoms. The van der Waals surface area contributed by atoms with Crippen LogP contribution in [0.15, 0.2) is 30.5 Å². The fraction of sp³-hybridized carbons (Fsp3) is 0. The van der Waals surface area contributed by atoms with E-state index in [9.17, 15) is 0 Å². The van der Waals surface area contributed by atoms with Crippen molar-refractivity contribution in [1.82, 2.24) is 0 Å². The van der Waals surface area contributed by atoms with Crippen LogP contribution in [0.5, 0.6) is 0 Å². The molecule has 0 aliphatic rings. The summed E-state index contributed by atoms with van der Waals surface area (Å²) in [6, 6.07) is 4.67. The van der Waals surface area contributed by atoms with Gasteiger partial charge in [0.2, 0.25) is 0 Å². The molecular weight excluding hydrogens is 215 g/mol. The van der Waals surface area contributed by atoms with Gasteiger partial charge < -0.3 is 24.0 Å². The molecule has 0 spiro atoms. The zero-order valence-electron chi connectivity index (χ0n) is 6.13. The van der Waals surface area contributed by atoms with E-state index in [2.05, 4.69) is 0 Å². The molecule has 1 rings (SSSR count). The standard InChI is InChI=1S/C5H7N2.HI/c6-7-4-2-1-3-5-7;/h1-5H,6H2;1H/q+1;/p-1/i4D,5D;. The molecule has 2 N–H and O–H groups in total. The number of nitrogen functional groups attached to an aromatic ring is 1. The molecule has 0 radical (unpaired) electrons. The quantitative estimate of drug-likeness (QED) is 0.279. The minimum absolute atomic E-state index is 0. The van der Waals surface area contributed by atoms with Crippen molar-refractivity contribution in [2.75, 3.05) is 5.84 Å². The molecule has 0 aromatic carbocycles. The van der Waals surface area contributed by atoms with Crippen LogP contribution >= 0.6 is 0 Å². The summed E-state index contributed by atoms with van der Waals surface area (Å²) in [6.07, 6.45) is 0.282. The topological polar surface area (TPSA) is 29.9 Å². The number of nitrogens with two attached hydrogens (primary N) is 1. The fourth-order valence-electron chi connectivity index (χ4n) is 0.332. The molecule has 0 unspecified atom stereocenters. The van der Waals surface area contributed by atoms with Gasteiger partial charge in [0.05, 0.1) is 0 Å². The molecule has 0 saturated heterocycles. The van der Waals surface area contributed by atoms with E-state index < -0.39 is 0 Å². The van der Waals surface area contributed by atoms with E-state index in [0.717, 1.165) is 4.68 Å². The average molecular weight is 224 g/mol. The zero-order valence-corrected chi connectivity index (χ0v) is 6.29. The van der Waals surface area contributed by atoms with Crippen LogP contribution in [0.1, 0.15) is 2.74 Å². The third-order valence-electron chi connectivity index (χ3n) is 0.620. The van der Waals surface area contributed by atoms with Crippen molar-refractivity contribution in [3.8, 4) is 0 Å². The van der Waals surface area contributed by atoms with Gasteiger partial charge in [-0.1, -0.05) is 10.7 Å². The first-order chi connectivity index (χ1) is 4.22. The molecule has 0 saturated carbocycles. The van der Waals surface area contributed by atoms with Gasteiger partial charge in [-0.3, -0.25) is 0 Å². The first kappa shape index (κ1) is 4.55. The summed E-state index contributed by atoms with van der Waals surface area (Å²) in [7, 11) is 0. The van der Waals surface area contributed by atoms with E-state index in [0.29, 0.717) is 0 Å². The van der Waals surface area contributed by atoms with Crippen molar-refractivity contribution in [2.24, 2.45) is 0 Å². The van der Waals surface area contributed by atoms with Crippen molar-refractivity contribution in [3.63, 3.8) is 0 Å². The van der Waals surface area contributed by atoms with Crippen molar-refractivity contribution < 1.29 is 31.4 Å². The summed E-state index contributed by atoms with van der Waals surface area (Å²) in [5, 5.41) is 0. The van der Waals surface area contributed by atoms with E-state index in [4.69, 9.17) is 8.58 Å². The van der Waals surface area contributed by atoms with Gasteiger partial charge in [0, 0.05) is 12.1 Å². The SMILES string of the molecule is [2H]c1cccc([2H])[n+]1N.[I-]. The normalized spacial score (nSPS) is 11.0. The molecule has 0 aliphatic heterocycles. The third-order valence-corrected chi connectivity index (χ3v) is 0.620. The molecule has 0 atom stereocenters. The molecule has 2 nitrogen and oxygen atoms in total. The third kappa shape index (κ3) is 2.11. The Kier molecular flexibility index (Phi) is 2.08. The molecule has 8 heavy (non-hydrogen) atoms. The van der Waals surface area contributed by atoms with E-state index in [1.165, 1.54) is 12.1 Å². The highest BCUT2D eigenvalue weighted by Gasteiger charge is 1.79. The molecule has 0 bridgehead atoms. The van der Waals surface area contributed by atoms with Crippen LogP contribution in [0.25, 0.3) is 0 Å². The smallest absolute Gasteiger partial charge is 0.199 e. The molecular formula is C5H7IN2.